The third-order valence-electron chi connectivity index (χ3n) is 4.10. The van der Waals surface area contributed by atoms with Gasteiger partial charge in [-0.1, -0.05) is 50.1 Å². The van der Waals surface area contributed by atoms with Crippen molar-refractivity contribution >= 4 is 11.8 Å². The fourth-order valence-electron chi connectivity index (χ4n) is 2.78. The molecule has 1 aromatic carbocycles. The van der Waals surface area contributed by atoms with Crippen molar-refractivity contribution in [2.75, 3.05) is 13.1 Å². The summed E-state index contributed by atoms with van der Waals surface area (Å²) in [6, 6.07) is 9.50. The first-order valence-electron chi connectivity index (χ1n) is 7.74. The van der Waals surface area contributed by atoms with Crippen molar-refractivity contribution in [1.82, 2.24) is 10.2 Å². The molecule has 1 saturated heterocycles. The minimum absolute atomic E-state index is 0.00402. The predicted octanol–water partition coefficient (Wildman–Crippen LogP) is 2.44. The van der Waals surface area contributed by atoms with Crippen LogP contribution in [0.4, 0.5) is 0 Å². The van der Waals surface area contributed by atoms with E-state index in [0.717, 1.165) is 31.4 Å². The molecule has 1 N–H and O–H groups in total. The van der Waals surface area contributed by atoms with Crippen LogP contribution < -0.4 is 5.32 Å². The molecule has 2 rings (SSSR count). The lowest BCUT2D eigenvalue weighted by Crippen LogP contribution is -2.52. The molecule has 4 nitrogen and oxygen atoms in total. The first kappa shape index (κ1) is 15.5. The van der Waals surface area contributed by atoms with Crippen LogP contribution in [0.3, 0.4) is 0 Å². The molecule has 0 saturated carbocycles. The van der Waals surface area contributed by atoms with E-state index in [9.17, 15) is 9.59 Å². The van der Waals surface area contributed by atoms with Gasteiger partial charge in [-0.25, -0.2) is 0 Å². The Balaban J connectivity index is 2.25. The Kier molecular flexibility index (Phi) is 4.99. The van der Waals surface area contributed by atoms with Gasteiger partial charge >= 0.3 is 0 Å². The third kappa shape index (κ3) is 3.43. The smallest absolute Gasteiger partial charge is 0.252 e. The van der Waals surface area contributed by atoms with Gasteiger partial charge in [0.1, 0.15) is 5.54 Å². The zero-order valence-electron chi connectivity index (χ0n) is 12.9. The van der Waals surface area contributed by atoms with Crippen LogP contribution in [0.5, 0.6) is 0 Å². The minimum atomic E-state index is -0.957. The van der Waals surface area contributed by atoms with Gasteiger partial charge in [0.2, 0.25) is 5.91 Å². The fourth-order valence-corrected chi connectivity index (χ4v) is 2.78. The molecule has 2 amide bonds. The van der Waals surface area contributed by atoms with Crippen LogP contribution in [-0.2, 0) is 15.1 Å². The van der Waals surface area contributed by atoms with E-state index in [1.54, 1.807) is 6.92 Å². The number of benzene rings is 1. The summed E-state index contributed by atoms with van der Waals surface area (Å²) in [6.45, 7) is 5.19. The van der Waals surface area contributed by atoms with Gasteiger partial charge in [0.25, 0.3) is 5.91 Å². The van der Waals surface area contributed by atoms with Crippen LogP contribution in [0.15, 0.2) is 30.3 Å². The summed E-state index contributed by atoms with van der Waals surface area (Å²) in [7, 11) is 0. The second-order valence-corrected chi connectivity index (χ2v) is 5.79. The van der Waals surface area contributed by atoms with Gasteiger partial charge in [0, 0.05) is 19.5 Å². The quantitative estimate of drug-likeness (QED) is 0.846. The highest BCUT2D eigenvalue weighted by Crippen LogP contribution is 2.26. The number of nitrogens with one attached hydrogen (secondary N) is 1. The zero-order chi connectivity index (χ0) is 15.3. The summed E-state index contributed by atoms with van der Waals surface area (Å²) in [5.74, 6) is -0.0663. The zero-order valence-corrected chi connectivity index (χ0v) is 12.9. The topological polar surface area (TPSA) is 49.4 Å². The lowest BCUT2D eigenvalue weighted by Gasteiger charge is -2.32. The molecular formula is C17H24N2O2. The highest BCUT2D eigenvalue weighted by Gasteiger charge is 2.41. The summed E-state index contributed by atoms with van der Waals surface area (Å²) >= 11 is 0. The summed E-state index contributed by atoms with van der Waals surface area (Å²) in [5.41, 5.74) is -0.119. The van der Waals surface area contributed by atoms with Gasteiger partial charge in [-0.2, -0.15) is 0 Å². The summed E-state index contributed by atoms with van der Waals surface area (Å²) < 4.78 is 0. The molecule has 0 spiro atoms. The molecule has 4 heteroatoms. The Morgan fingerprint density at radius 2 is 1.90 bits per heavy atom. The highest BCUT2D eigenvalue weighted by atomic mass is 16.2. The average molecular weight is 288 g/mol. The molecule has 1 fully saturated rings. The van der Waals surface area contributed by atoms with E-state index in [4.69, 9.17) is 0 Å². The van der Waals surface area contributed by atoms with Gasteiger partial charge in [0.15, 0.2) is 0 Å². The molecule has 0 aliphatic carbocycles. The molecular weight excluding hydrogens is 264 g/mol. The Hall–Kier alpha value is -1.84. The first-order valence-corrected chi connectivity index (χ1v) is 7.74. The molecule has 1 heterocycles. The number of hydrogen-bond acceptors (Lipinski definition) is 2. The molecule has 1 aliphatic heterocycles. The monoisotopic (exact) mass is 288 g/mol. The molecule has 21 heavy (non-hydrogen) atoms. The second-order valence-electron chi connectivity index (χ2n) is 5.79. The van der Waals surface area contributed by atoms with Gasteiger partial charge in [-0.15, -0.1) is 0 Å². The third-order valence-corrected chi connectivity index (χ3v) is 4.10. The number of amides is 2. The van der Waals surface area contributed by atoms with Crippen LogP contribution >= 0.6 is 0 Å². The largest absolute Gasteiger partial charge is 0.340 e. The molecule has 1 unspecified atom stereocenters. The molecule has 114 valence electrons. The van der Waals surface area contributed by atoms with Crippen molar-refractivity contribution in [2.45, 2.75) is 45.1 Å². The van der Waals surface area contributed by atoms with Crippen molar-refractivity contribution in [3.63, 3.8) is 0 Å². The summed E-state index contributed by atoms with van der Waals surface area (Å²) in [5, 5.41) is 2.91. The fraction of sp³-hybridized carbons (Fsp3) is 0.529. The number of rotatable bonds is 5. The number of nitrogens with zero attached hydrogens (tertiary/aromatic N) is 1. The van der Waals surface area contributed by atoms with Gasteiger partial charge < -0.3 is 10.2 Å². The van der Waals surface area contributed by atoms with E-state index in [1.165, 1.54) is 0 Å². The summed E-state index contributed by atoms with van der Waals surface area (Å²) in [4.78, 5) is 26.8. The lowest BCUT2D eigenvalue weighted by molar-refractivity contribution is -0.138. The second kappa shape index (κ2) is 6.74. The number of unbranched alkanes of at least 4 members (excludes halogenated alkanes) is 2. The van der Waals surface area contributed by atoms with E-state index in [1.807, 2.05) is 35.2 Å². The summed E-state index contributed by atoms with van der Waals surface area (Å²) in [6.07, 6.45) is 3.59. The molecule has 0 aromatic heterocycles. The standard InChI is InChI=1S/C17H24N2O2/c1-3-4-8-12-19-13-11-15(20)18-17(2,16(19)21)14-9-6-5-7-10-14/h5-7,9-10H,3-4,8,11-13H2,1-2H3,(H,18,20). The normalized spacial score (nSPS) is 22.9. The minimum Gasteiger partial charge on any atom is -0.340 e. The molecule has 1 aliphatic rings. The van der Waals surface area contributed by atoms with Crippen LogP contribution in [0.2, 0.25) is 0 Å². The van der Waals surface area contributed by atoms with Crippen molar-refractivity contribution in [3.05, 3.63) is 35.9 Å². The molecule has 0 bridgehead atoms. The molecule has 1 atom stereocenters. The van der Waals surface area contributed by atoms with Crippen molar-refractivity contribution < 1.29 is 9.59 Å². The number of carbonyl (C=O) groups excluding carboxylic acids is 2. The Labute approximate surface area is 126 Å². The van der Waals surface area contributed by atoms with Gasteiger partial charge in [-0.3, -0.25) is 9.59 Å². The highest BCUT2D eigenvalue weighted by molar-refractivity contribution is 5.94. The Bertz CT molecular complexity index is 501. The maximum Gasteiger partial charge on any atom is 0.252 e. The van der Waals surface area contributed by atoms with E-state index >= 15 is 0 Å². The van der Waals surface area contributed by atoms with Crippen molar-refractivity contribution in [2.24, 2.45) is 0 Å². The van der Waals surface area contributed by atoms with E-state index in [0.29, 0.717) is 13.0 Å². The van der Waals surface area contributed by atoms with Crippen LogP contribution in [-0.4, -0.2) is 29.8 Å². The lowest BCUT2D eigenvalue weighted by atomic mass is 9.90. The van der Waals surface area contributed by atoms with Crippen LogP contribution in [0.25, 0.3) is 0 Å². The SMILES string of the molecule is CCCCCN1CCC(=O)NC(C)(c2ccccc2)C1=O. The van der Waals surface area contributed by atoms with Gasteiger partial charge in [-0.05, 0) is 18.9 Å². The maximum absolute atomic E-state index is 12.9. The van der Waals surface area contributed by atoms with E-state index < -0.39 is 5.54 Å². The van der Waals surface area contributed by atoms with Crippen LogP contribution in [0.1, 0.15) is 45.1 Å². The predicted molar refractivity (Wildman–Crippen MR) is 82.7 cm³/mol. The Morgan fingerprint density at radius 1 is 1.19 bits per heavy atom. The van der Waals surface area contributed by atoms with Crippen molar-refractivity contribution in [3.8, 4) is 0 Å². The first-order chi connectivity index (χ1) is 10.1. The number of carbonyl (C=O) groups is 2. The molecule has 1 aromatic rings. The van der Waals surface area contributed by atoms with Gasteiger partial charge in [0.05, 0.1) is 0 Å². The van der Waals surface area contributed by atoms with E-state index in [-0.39, 0.29) is 11.8 Å². The van der Waals surface area contributed by atoms with E-state index in [2.05, 4.69) is 12.2 Å². The number of hydrogen-bond donors (Lipinski definition) is 1. The van der Waals surface area contributed by atoms with Crippen LogP contribution in [0, 0.1) is 0 Å². The molecule has 0 radical (unpaired) electrons. The maximum atomic E-state index is 12.9. The Morgan fingerprint density at radius 3 is 2.57 bits per heavy atom. The average Bonchev–Trinajstić information content (AvgIpc) is 2.60. The van der Waals surface area contributed by atoms with Crippen molar-refractivity contribution in [1.29, 1.82) is 0 Å².